The van der Waals surface area contributed by atoms with Crippen LogP contribution in [0.5, 0.6) is 0 Å². The van der Waals surface area contributed by atoms with Crippen molar-refractivity contribution in [3.63, 3.8) is 0 Å². The Morgan fingerprint density at radius 1 is 1.19 bits per heavy atom. The van der Waals surface area contributed by atoms with Gasteiger partial charge >= 0.3 is 0 Å². The Labute approximate surface area is 140 Å². The van der Waals surface area contributed by atoms with E-state index in [0.717, 1.165) is 0 Å². The molecule has 2 aromatic carbocycles. The second-order valence-electron chi connectivity index (χ2n) is 4.14. The van der Waals surface area contributed by atoms with Crippen molar-refractivity contribution in [1.29, 1.82) is 0 Å². The summed E-state index contributed by atoms with van der Waals surface area (Å²) in [6.07, 6.45) is 5.30. The molecule has 0 spiro atoms. The number of benzene rings is 2. The summed E-state index contributed by atoms with van der Waals surface area (Å²) in [5.74, 6) is 2.45. The van der Waals surface area contributed by atoms with Gasteiger partial charge < -0.3 is 5.73 Å². The molecule has 0 radical (unpaired) electrons. The van der Waals surface area contributed by atoms with Crippen LogP contribution in [0.25, 0.3) is 0 Å². The van der Waals surface area contributed by atoms with Crippen LogP contribution in [0.4, 0.5) is 11.4 Å². The zero-order valence-corrected chi connectivity index (χ0v) is 14.6. The maximum atomic E-state index is 12.5. The summed E-state index contributed by atoms with van der Waals surface area (Å²) < 4.78 is 28.4. The molecule has 2 rings (SSSR count). The third-order valence-corrected chi connectivity index (χ3v) is 5.43. The summed E-state index contributed by atoms with van der Waals surface area (Å²) in [6.45, 7) is 0. The van der Waals surface area contributed by atoms with E-state index in [1.165, 1.54) is 6.07 Å². The molecule has 0 amide bonds. The number of halogens is 2. The molecule has 7 heteroatoms. The zero-order chi connectivity index (χ0) is 15.6. The van der Waals surface area contributed by atoms with Gasteiger partial charge in [-0.05, 0) is 46.3 Å². The van der Waals surface area contributed by atoms with Crippen LogP contribution in [0.1, 0.15) is 5.56 Å². The van der Waals surface area contributed by atoms with Crippen LogP contribution in [0.2, 0.25) is 0 Å². The van der Waals surface area contributed by atoms with Crippen molar-refractivity contribution in [2.24, 2.45) is 0 Å². The van der Waals surface area contributed by atoms with Gasteiger partial charge in [0.1, 0.15) is 4.90 Å². The number of nitrogens with one attached hydrogen (secondary N) is 1. The maximum absolute atomic E-state index is 12.5. The molecule has 0 aliphatic rings. The van der Waals surface area contributed by atoms with Gasteiger partial charge in [0, 0.05) is 14.5 Å². The van der Waals surface area contributed by atoms with E-state index in [-0.39, 0.29) is 10.6 Å². The topological polar surface area (TPSA) is 72.2 Å². The first-order valence-corrected chi connectivity index (χ1v) is 8.74. The molecule has 0 saturated heterocycles. The first-order chi connectivity index (χ1) is 9.83. The monoisotopic (exact) mass is 428 g/mol. The Kier molecular flexibility index (Phi) is 4.61. The van der Waals surface area contributed by atoms with Crippen LogP contribution in [-0.2, 0) is 10.0 Å². The smallest absolute Gasteiger partial charge is 0.265 e. The lowest BCUT2D eigenvalue weighted by Crippen LogP contribution is -2.15. The van der Waals surface area contributed by atoms with Gasteiger partial charge in [0.05, 0.1) is 11.4 Å². The Bertz CT molecular complexity index is 819. The molecule has 0 aliphatic heterocycles. The van der Waals surface area contributed by atoms with Crippen molar-refractivity contribution in [2.45, 2.75) is 4.90 Å². The molecular weight excluding hydrogens is 420 g/mol. The van der Waals surface area contributed by atoms with Crippen LogP contribution < -0.4 is 10.5 Å². The molecule has 0 fully saturated rings. The molecule has 108 valence electrons. The number of rotatable bonds is 3. The van der Waals surface area contributed by atoms with Gasteiger partial charge in [-0.3, -0.25) is 4.72 Å². The van der Waals surface area contributed by atoms with E-state index < -0.39 is 10.0 Å². The molecule has 4 nitrogen and oxygen atoms in total. The lowest BCUT2D eigenvalue weighted by molar-refractivity contribution is 0.601. The predicted octanol–water partition coefficient (Wildman–Crippen LogP) is 3.58. The van der Waals surface area contributed by atoms with Gasteiger partial charge in [0.15, 0.2) is 0 Å². The van der Waals surface area contributed by atoms with Crippen molar-refractivity contribution in [2.75, 3.05) is 10.5 Å². The second-order valence-corrected chi connectivity index (χ2v) is 7.53. The molecule has 0 aromatic heterocycles. The molecule has 0 saturated carbocycles. The molecule has 3 N–H and O–H groups in total. The fraction of sp³-hybridized carbons (Fsp3) is 0. The van der Waals surface area contributed by atoms with E-state index in [0.29, 0.717) is 20.2 Å². The zero-order valence-electron chi connectivity index (χ0n) is 10.6. The number of nitrogen functional groups attached to an aromatic ring is 1. The minimum Gasteiger partial charge on any atom is -0.398 e. The van der Waals surface area contributed by atoms with E-state index >= 15 is 0 Å². The van der Waals surface area contributed by atoms with Gasteiger partial charge in [0.25, 0.3) is 10.0 Å². The molecule has 2 aromatic rings. The minimum atomic E-state index is -3.83. The van der Waals surface area contributed by atoms with E-state index in [2.05, 4.69) is 42.5 Å². The van der Waals surface area contributed by atoms with Crippen molar-refractivity contribution >= 4 is 53.3 Å². The number of hydrogen-bond acceptors (Lipinski definition) is 3. The Balaban J connectivity index is 2.46. The average Bonchev–Trinajstić information content (AvgIpc) is 2.36. The largest absolute Gasteiger partial charge is 0.398 e. The van der Waals surface area contributed by atoms with Gasteiger partial charge in [-0.15, -0.1) is 6.42 Å². The Morgan fingerprint density at radius 2 is 1.90 bits per heavy atom. The second kappa shape index (κ2) is 6.10. The van der Waals surface area contributed by atoms with Crippen LogP contribution in [-0.4, -0.2) is 8.42 Å². The minimum absolute atomic E-state index is 0.0168. The lowest BCUT2D eigenvalue weighted by Gasteiger charge is -2.12. The summed E-state index contributed by atoms with van der Waals surface area (Å²) in [4.78, 5) is -0.0168. The average molecular weight is 430 g/mol. The fourth-order valence-corrected chi connectivity index (χ4v) is 4.86. The van der Waals surface area contributed by atoms with E-state index in [4.69, 9.17) is 12.2 Å². The molecule has 0 bridgehead atoms. The number of anilines is 2. The SMILES string of the molecule is C#Cc1cccc(NS(=O)(=O)c2c(N)cc(Br)cc2Br)c1. The third kappa shape index (κ3) is 3.59. The first-order valence-electron chi connectivity index (χ1n) is 5.67. The van der Waals surface area contributed by atoms with E-state index in [9.17, 15) is 8.42 Å². The highest BCUT2D eigenvalue weighted by Crippen LogP contribution is 2.32. The van der Waals surface area contributed by atoms with E-state index in [1.54, 1.807) is 30.3 Å². The van der Waals surface area contributed by atoms with Gasteiger partial charge in [0.2, 0.25) is 0 Å². The van der Waals surface area contributed by atoms with Crippen LogP contribution in [0.3, 0.4) is 0 Å². The van der Waals surface area contributed by atoms with Gasteiger partial charge in [-0.25, -0.2) is 8.42 Å². The van der Waals surface area contributed by atoms with Gasteiger partial charge in [-0.2, -0.15) is 0 Å². The summed E-state index contributed by atoms with van der Waals surface area (Å²) in [7, 11) is -3.83. The van der Waals surface area contributed by atoms with Crippen molar-refractivity contribution in [3.05, 3.63) is 50.9 Å². The number of nitrogens with two attached hydrogens (primary N) is 1. The predicted molar refractivity (Wildman–Crippen MR) is 91.4 cm³/mol. The summed E-state index contributed by atoms with van der Waals surface area (Å²) in [5.41, 5.74) is 6.90. The quantitative estimate of drug-likeness (QED) is 0.578. The molecule has 0 aliphatic carbocycles. The van der Waals surface area contributed by atoms with Gasteiger partial charge in [-0.1, -0.05) is 27.9 Å². The standard InChI is InChI=1S/C14H10Br2N2O2S/c1-2-9-4-3-5-11(6-9)18-21(19,20)14-12(16)7-10(15)8-13(14)17/h1,3-8,18H,17H2. The maximum Gasteiger partial charge on any atom is 0.265 e. The Hall–Kier alpha value is -1.49. The number of hydrogen-bond donors (Lipinski definition) is 2. The number of sulfonamides is 1. The summed E-state index contributed by atoms with van der Waals surface area (Å²) in [5, 5.41) is 0. The first kappa shape index (κ1) is 15.9. The van der Waals surface area contributed by atoms with Crippen LogP contribution in [0, 0.1) is 12.3 Å². The third-order valence-electron chi connectivity index (χ3n) is 2.59. The van der Waals surface area contributed by atoms with Crippen molar-refractivity contribution < 1.29 is 8.42 Å². The van der Waals surface area contributed by atoms with Crippen molar-refractivity contribution in [1.82, 2.24) is 0 Å². The normalized spacial score (nSPS) is 10.9. The highest BCUT2D eigenvalue weighted by molar-refractivity contribution is 9.11. The van der Waals surface area contributed by atoms with Crippen molar-refractivity contribution in [3.8, 4) is 12.3 Å². The molecule has 0 heterocycles. The molecular formula is C14H10Br2N2O2S. The molecule has 0 atom stereocenters. The molecule has 0 unspecified atom stereocenters. The summed E-state index contributed by atoms with van der Waals surface area (Å²) in [6, 6.07) is 9.70. The molecule has 21 heavy (non-hydrogen) atoms. The fourth-order valence-electron chi connectivity index (χ4n) is 1.74. The lowest BCUT2D eigenvalue weighted by atomic mass is 10.2. The Morgan fingerprint density at radius 3 is 2.52 bits per heavy atom. The van der Waals surface area contributed by atoms with E-state index in [1.807, 2.05) is 0 Å². The highest BCUT2D eigenvalue weighted by atomic mass is 79.9. The number of terminal acetylenes is 1. The summed E-state index contributed by atoms with van der Waals surface area (Å²) >= 11 is 6.47. The van der Waals surface area contributed by atoms with Crippen LogP contribution >= 0.6 is 31.9 Å². The van der Waals surface area contributed by atoms with Crippen LogP contribution in [0.15, 0.2) is 50.2 Å². The highest BCUT2D eigenvalue weighted by Gasteiger charge is 2.21.